The van der Waals surface area contributed by atoms with Crippen LogP contribution in [-0.2, 0) is 0 Å². The number of carbonyl (C=O) groups excluding carboxylic acids is 2. The molecule has 0 spiro atoms. The smallest absolute Gasteiger partial charge is 0.870 e. The van der Waals surface area contributed by atoms with Crippen LogP contribution in [0.25, 0.3) is 0 Å². The van der Waals surface area contributed by atoms with Gasteiger partial charge in [-0.1, -0.05) is 28.1 Å². The van der Waals surface area contributed by atoms with E-state index in [-0.39, 0.29) is 68.4 Å². The molecule has 4 aromatic carbocycles. The second-order valence-corrected chi connectivity index (χ2v) is 10.2. The molecule has 0 atom stereocenters. The number of Topliss-reactive ketones (excluding diaryl/α,β-unsaturated/α-hetero) is 2. The van der Waals surface area contributed by atoms with Crippen LogP contribution < -0.4 is 70.3 Å². The Balaban J connectivity index is 0.000000657. The van der Waals surface area contributed by atoms with E-state index in [1.165, 1.54) is 11.8 Å². The van der Waals surface area contributed by atoms with Gasteiger partial charge in [0.15, 0.2) is 11.6 Å². The average molecular weight is 714 g/mol. The summed E-state index contributed by atoms with van der Waals surface area (Å²) < 4.78 is 20.1. The van der Waals surface area contributed by atoms with Gasteiger partial charge in [0.1, 0.15) is 23.0 Å². The minimum atomic E-state index is 0. The van der Waals surface area contributed by atoms with Crippen molar-refractivity contribution in [2.24, 2.45) is 0 Å². The number of methoxy groups -OCH3 is 4. The van der Waals surface area contributed by atoms with Gasteiger partial charge in [-0.15, -0.1) is 24.4 Å². The number of halogens is 1. The first kappa shape index (κ1) is 41.2. The molecule has 0 saturated carbocycles. The van der Waals surface area contributed by atoms with Crippen molar-refractivity contribution < 1.29 is 85.4 Å². The van der Waals surface area contributed by atoms with Crippen LogP contribution in [0.15, 0.2) is 107 Å². The van der Waals surface area contributed by atoms with Crippen LogP contribution in [0.3, 0.4) is 0 Å². The maximum absolute atomic E-state index is 12.1. The standard InChI is InChI=1S/C16H16O3S.C9H9BrO2.C7H8OS.K.H2O/c1-18-13-8-6-12(7-9-13)16(17)11-20-15-5-3-4-14(10-15)19-2;1-12-8-4-2-7(3-5-8)9(11)6-10;1-8-6-3-2-4-7(9)5-6;;/h3-10H,11H2,1-2H3;2-5H,6H2,1H3;2-5,9H,1H3;;1H2/q;;;+1;/p-1. The molecule has 0 fully saturated rings. The summed E-state index contributed by atoms with van der Waals surface area (Å²) in [6.45, 7) is 0. The minimum absolute atomic E-state index is 0. The summed E-state index contributed by atoms with van der Waals surface area (Å²) in [7, 11) is 6.48. The normalized spacial score (nSPS) is 9.26. The summed E-state index contributed by atoms with van der Waals surface area (Å²) in [4.78, 5) is 25.1. The third kappa shape index (κ3) is 15.7. The first-order chi connectivity index (χ1) is 19.8. The van der Waals surface area contributed by atoms with Crippen LogP contribution in [0.4, 0.5) is 0 Å². The fourth-order valence-corrected chi connectivity index (χ4v) is 4.54. The number of thioether (sulfide) groups is 1. The zero-order valence-electron chi connectivity index (χ0n) is 24.8. The Hall–Kier alpha value is -1.80. The summed E-state index contributed by atoms with van der Waals surface area (Å²) in [5, 5.41) is 0.360. The fraction of sp³-hybridized carbons (Fsp3) is 0.188. The second-order valence-electron chi connectivity index (χ2n) is 8.11. The molecule has 4 rings (SSSR count). The molecule has 7 nitrogen and oxygen atoms in total. The van der Waals surface area contributed by atoms with Gasteiger partial charge in [-0.25, -0.2) is 0 Å². The van der Waals surface area contributed by atoms with Crippen LogP contribution in [-0.4, -0.2) is 56.6 Å². The SMILES string of the molecule is COc1ccc(C(=O)CBr)cc1.COc1ccc(C(=O)CSc2cccc(OC)c2)cc1.COc1cccc(S)c1.[K+].[OH-]. The monoisotopic (exact) mass is 712 g/mol. The summed E-state index contributed by atoms with van der Waals surface area (Å²) >= 11 is 8.74. The number of alkyl halides is 1. The molecule has 0 radical (unpaired) electrons. The second kappa shape index (κ2) is 23.6. The number of carbonyl (C=O) groups is 2. The molecular weight excluding hydrogens is 679 g/mol. The number of hydrogen-bond acceptors (Lipinski definition) is 9. The predicted molar refractivity (Wildman–Crippen MR) is 174 cm³/mol. The van der Waals surface area contributed by atoms with Gasteiger partial charge in [0.25, 0.3) is 0 Å². The zero-order valence-corrected chi connectivity index (χ0v) is 31.2. The third-order valence-corrected chi connectivity index (χ3v) is 7.19. The maximum atomic E-state index is 12.1. The minimum Gasteiger partial charge on any atom is -0.870 e. The third-order valence-electron chi connectivity index (χ3n) is 5.41. The van der Waals surface area contributed by atoms with Gasteiger partial charge in [0.05, 0.1) is 39.5 Å². The van der Waals surface area contributed by atoms with Crippen molar-refractivity contribution in [1.29, 1.82) is 0 Å². The number of thiol groups is 1. The van der Waals surface area contributed by atoms with Gasteiger partial charge in [-0.05, 0) is 84.9 Å². The number of benzene rings is 4. The molecule has 0 aromatic heterocycles. The van der Waals surface area contributed by atoms with Crippen molar-refractivity contribution in [1.82, 2.24) is 0 Å². The summed E-state index contributed by atoms with van der Waals surface area (Å²) in [6, 6.07) is 29.5. The molecule has 0 saturated heterocycles. The van der Waals surface area contributed by atoms with E-state index in [1.54, 1.807) is 77.0 Å². The first-order valence-electron chi connectivity index (χ1n) is 12.3. The van der Waals surface area contributed by atoms with Crippen LogP contribution in [0.2, 0.25) is 0 Å². The fourth-order valence-electron chi connectivity index (χ4n) is 3.16. The average Bonchev–Trinajstić information content (AvgIpc) is 3.04. The topological polar surface area (TPSA) is 101 Å². The van der Waals surface area contributed by atoms with Crippen LogP contribution >= 0.6 is 40.3 Å². The Labute approximate surface area is 314 Å². The zero-order chi connectivity index (χ0) is 30.0. The molecule has 224 valence electrons. The van der Waals surface area contributed by atoms with E-state index in [0.717, 1.165) is 32.8 Å². The van der Waals surface area contributed by atoms with E-state index in [2.05, 4.69) is 28.6 Å². The maximum Gasteiger partial charge on any atom is 1.00 e. The molecule has 0 aliphatic carbocycles. The first-order valence-corrected chi connectivity index (χ1v) is 14.9. The van der Waals surface area contributed by atoms with Crippen molar-refractivity contribution in [3.05, 3.63) is 108 Å². The van der Waals surface area contributed by atoms with Gasteiger partial charge >= 0.3 is 51.4 Å². The van der Waals surface area contributed by atoms with Gasteiger partial charge < -0.3 is 24.4 Å². The molecule has 0 aliphatic rings. The van der Waals surface area contributed by atoms with Gasteiger partial charge in [-0.2, -0.15) is 0 Å². The Bertz CT molecular complexity index is 1370. The molecular formula is C32H34BrKO7S2. The molecule has 0 bridgehead atoms. The van der Waals surface area contributed by atoms with Crippen LogP contribution in [0, 0.1) is 0 Å². The quantitative estimate of drug-likeness (QED) is 0.0826. The Morgan fingerprint density at radius 3 is 1.51 bits per heavy atom. The number of rotatable bonds is 10. The van der Waals surface area contributed by atoms with Crippen LogP contribution in [0.1, 0.15) is 20.7 Å². The van der Waals surface area contributed by atoms with E-state index < -0.39 is 0 Å². The predicted octanol–water partition coefficient (Wildman–Crippen LogP) is 4.76. The van der Waals surface area contributed by atoms with E-state index in [9.17, 15) is 9.59 Å². The van der Waals surface area contributed by atoms with Crippen molar-refractivity contribution in [2.75, 3.05) is 39.5 Å². The van der Waals surface area contributed by atoms with E-state index in [0.29, 0.717) is 22.2 Å². The van der Waals surface area contributed by atoms with Crippen molar-refractivity contribution in [3.8, 4) is 23.0 Å². The molecule has 0 unspecified atom stereocenters. The van der Waals surface area contributed by atoms with E-state index >= 15 is 0 Å². The molecule has 0 amide bonds. The number of ketones is 2. The Kier molecular flexibility index (Phi) is 22.6. The van der Waals surface area contributed by atoms with Gasteiger partial charge in [0, 0.05) is 20.9 Å². The largest absolute Gasteiger partial charge is 1.00 e. The molecule has 4 aromatic rings. The van der Waals surface area contributed by atoms with Gasteiger partial charge in [-0.3, -0.25) is 9.59 Å². The van der Waals surface area contributed by atoms with E-state index in [4.69, 9.17) is 18.9 Å². The summed E-state index contributed by atoms with van der Waals surface area (Å²) in [5.74, 6) is 3.75. The van der Waals surface area contributed by atoms with Crippen LogP contribution in [0.5, 0.6) is 23.0 Å². The van der Waals surface area contributed by atoms with Crippen molar-refractivity contribution in [2.45, 2.75) is 9.79 Å². The summed E-state index contributed by atoms with van der Waals surface area (Å²) in [6.07, 6.45) is 0. The molecule has 11 heteroatoms. The van der Waals surface area contributed by atoms with E-state index in [1.807, 2.05) is 48.5 Å². The molecule has 0 heterocycles. The molecule has 0 aliphatic heterocycles. The molecule has 43 heavy (non-hydrogen) atoms. The van der Waals surface area contributed by atoms with Crippen molar-refractivity contribution >= 4 is 51.9 Å². The number of ether oxygens (including phenoxy) is 4. The Morgan fingerprint density at radius 2 is 1.09 bits per heavy atom. The number of hydrogen-bond donors (Lipinski definition) is 1. The molecule has 1 N–H and O–H groups in total. The van der Waals surface area contributed by atoms with Gasteiger partial charge in [0.2, 0.25) is 0 Å². The van der Waals surface area contributed by atoms with Crippen molar-refractivity contribution in [3.63, 3.8) is 0 Å². The summed E-state index contributed by atoms with van der Waals surface area (Å²) in [5.41, 5.74) is 1.40. The Morgan fingerprint density at radius 1 is 0.651 bits per heavy atom.